The molecule has 2 aromatic carbocycles. The second-order valence-corrected chi connectivity index (χ2v) is 8.26. The molecule has 1 aliphatic carbocycles. The van der Waals surface area contributed by atoms with Gasteiger partial charge in [0.05, 0.1) is 6.61 Å². The number of hydrogen-bond donors (Lipinski definition) is 0. The fraction of sp³-hybridized carbons (Fsp3) is 0.440. The SMILES string of the molecule is Cc1ccc(CC/C=C/C2CCC(c3ccc(C4CO4)c(F)c3F)CC2)cc1. The molecule has 2 aliphatic rings. The van der Waals surface area contributed by atoms with Crippen LogP contribution in [-0.4, -0.2) is 6.61 Å². The van der Waals surface area contributed by atoms with Gasteiger partial charge in [0.1, 0.15) is 6.10 Å². The zero-order chi connectivity index (χ0) is 19.5. The smallest absolute Gasteiger partial charge is 0.165 e. The molecule has 28 heavy (non-hydrogen) atoms. The van der Waals surface area contributed by atoms with Gasteiger partial charge in [0.25, 0.3) is 0 Å². The van der Waals surface area contributed by atoms with Crippen LogP contribution in [-0.2, 0) is 11.2 Å². The lowest BCUT2D eigenvalue weighted by Crippen LogP contribution is -2.14. The third kappa shape index (κ3) is 4.52. The van der Waals surface area contributed by atoms with Gasteiger partial charge in [0.15, 0.2) is 11.6 Å². The largest absolute Gasteiger partial charge is 0.368 e. The highest BCUT2D eigenvalue weighted by Gasteiger charge is 2.32. The summed E-state index contributed by atoms with van der Waals surface area (Å²) < 4.78 is 33.9. The minimum atomic E-state index is -0.710. The second-order valence-electron chi connectivity index (χ2n) is 8.26. The van der Waals surface area contributed by atoms with Crippen molar-refractivity contribution in [3.63, 3.8) is 0 Å². The number of epoxide rings is 1. The molecule has 0 aromatic heterocycles. The summed E-state index contributed by atoms with van der Waals surface area (Å²) in [6.07, 6.45) is 10.4. The molecule has 3 heteroatoms. The molecule has 2 aromatic rings. The fourth-order valence-corrected chi connectivity index (χ4v) is 4.29. The van der Waals surface area contributed by atoms with Crippen LogP contribution >= 0.6 is 0 Å². The third-order valence-corrected chi connectivity index (χ3v) is 6.16. The van der Waals surface area contributed by atoms with Crippen LogP contribution in [0.1, 0.15) is 66.4 Å². The van der Waals surface area contributed by atoms with Crippen molar-refractivity contribution in [1.82, 2.24) is 0 Å². The van der Waals surface area contributed by atoms with Gasteiger partial charge in [-0.15, -0.1) is 0 Å². The van der Waals surface area contributed by atoms with E-state index >= 15 is 0 Å². The normalized spacial score (nSPS) is 24.6. The van der Waals surface area contributed by atoms with Gasteiger partial charge in [0.2, 0.25) is 0 Å². The van der Waals surface area contributed by atoms with Gasteiger partial charge in [-0.3, -0.25) is 0 Å². The van der Waals surface area contributed by atoms with Crippen LogP contribution < -0.4 is 0 Å². The number of aryl methyl sites for hydroxylation is 2. The molecule has 2 fully saturated rings. The van der Waals surface area contributed by atoms with E-state index in [0.717, 1.165) is 38.5 Å². The number of allylic oxidation sites excluding steroid dienone is 2. The molecule has 1 aliphatic heterocycles. The Kier molecular flexibility index (Phi) is 5.91. The van der Waals surface area contributed by atoms with Crippen LogP contribution in [0.3, 0.4) is 0 Å². The highest BCUT2D eigenvalue weighted by atomic mass is 19.2. The van der Waals surface area contributed by atoms with Crippen molar-refractivity contribution in [1.29, 1.82) is 0 Å². The summed E-state index contributed by atoms with van der Waals surface area (Å²) >= 11 is 0. The summed E-state index contributed by atoms with van der Waals surface area (Å²) in [5, 5.41) is 0. The molecule has 1 saturated heterocycles. The Balaban J connectivity index is 1.27. The monoisotopic (exact) mass is 382 g/mol. The number of rotatable bonds is 6. The maximum atomic E-state index is 14.5. The average molecular weight is 382 g/mol. The van der Waals surface area contributed by atoms with E-state index in [1.54, 1.807) is 12.1 Å². The van der Waals surface area contributed by atoms with E-state index in [1.807, 2.05) is 0 Å². The average Bonchev–Trinajstić information content (AvgIpc) is 3.54. The van der Waals surface area contributed by atoms with E-state index in [2.05, 4.69) is 43.3 Å². The maximum Gasteiger partial charge on any atom is 0.165 e. The molecule has 0 N–H and O–H groups in total. The molecule has 148 valence electrons. The molecule has 1 saturated carbocycles. The van der Waals surface area contributed by atoms with Crippen LogP contribution in [0, 0.1) is 24.5 Å². The van der Waals surface area contributed by atoms with E-state index < -0.39 is 11.6 Å². The lowest BCUT2D eigenvalue weighted by molar-refractivity contribution is 0.360. The quantitative estimate of drug-likeness (QED) is 0.395. The summed E-state index contributed by atoms with van der Waals surface area (Å²) in [6.45, 7) is 2.60. The van der Waals surface area contributed by atoms with Crippen LogP contribution in [0.4, 0.5) is 8.78 Å². The molecule has 1 atom stereocenters. The van der Waals surface area contributed by atoms with Crippen molar-refractivity contribution in [2.75, 3.05) is 6.61 Å². The molecule has 1 nitrogen and oxygen atoms in total. The van der Waals surface area contributed by atoms with Gasteiger partial charge >= 0.3 is 0 Å². The lowest BCUT2D eigenvalue weighted by Gasteiger charge is -2.27. The Morgan fingerprint density at radius 3 is 2.25 bits per heavy atom. The van der Waals surface area contributed by atoms with Crippen molar-refractivity contribution in [2.24, 2.45) is 5.92 Å². The highest BCUT2D eigenvalue weighted by Crippen LogP contribution is 2.40. The Morgan fingerprint density at radius 1 is 0.929 bits per heavy atom. The van der Waals surface area contributed by atoms with E-state index in [9.17, 15) is 8.78 Å². The van der Waals surface area contributed by atoms with Gasteiger partial charge in [0, 0.05) is 5.56 Å². The molecule has 0 radical (unpaired) electrons. The number of hydrogen-bond acceptors (Lipinski definition) is 1. The lowest BCUT2D eigenvalue weighted by atomic mass is 9.78. The summed E-state index contributed by atoms with van der Waals surface area (Å²) in [6, 6.07) is 12.2. The van der Waals surface area contributed by atoms with E-state index in [1.165, 1.54) is 11.1 Å². The Hall–Kier alpha value is -2.00. The third-order valence-electron chi connectivity index (χ3n) is 6.16. The Bertz CT molecular complexity index is 828. The standard InChI is InChI=1S/C25H28F2O/c1-17-6-8-18(9-7-17)4-2-3-5-19-10-12-20(13-11-19)21-14-15-22(23-16-28-23)25(27)24(21)26/h3,5-9,14-15,19-20,23H,2,4,10-13,16H2,1H3/b5-3+. The summed E-state index contributed by atoms with van der Waals surface area (Å²) in [4.78, 5) is 0. The topological polar surface area (TPSA) is 12.5 Å². The Morgan fingerprint density at radius 2 is 1.57 bits per heavy atom. The summed E-state index contributed by atoms with van der Waals surface area (Å²) in [7, 11) is 0. The Labute approximate surface area is 166 Å². The molecular weight excluding hydrogens is 354 g/mol. The first kappa shape index (κ1) is 19.3. The van der Waals surface area contributed by atoms with Crippen molar-refractivity contribution >= 4 is 0 Å². The van der Waals surface area contributed by atoms with Gasteiger partial charge in [-0.2, -0.15) is 0 Å². The van der Waals surface area contributed by atoms with Crippen molar-refractivity contribution < 1.29 is 13.5 Å². The number of halogens is 2. The van der Waals surface area contributed by atoms with Gasteiger partial charge in [-0.05, 0) is 68.4 Å². The molecule has 4 rings (SSSR count). The van der Waals surface area contributed by atoms with E-state index in [-0.39, 0.29) is 12.0 Å². The minimum Gasteiger partial charge on any atom is -0.368 e. The molecule has 1 unspecified atom stereocenters. The van der Waals surface area contributed by atoms with Crippen LogP contribution in [0.15, 0.2) is 48.6 Å². The van der Waals surface area contributed by atoms with Crippen molar-refractivity contribution in [3.05, 3.63) is 82.4 Å². The van der Waals surface area contributed by atoms with Crippen LogP contribution in [0.2, 0.25) is 0 Å². The van der Waals surface area contributed by atoms with E-state index in [4.69, 9.17) is 4.74 Å². The van der Waals surface area contributed by atoms with Gasteiger partial charge in [-0.1, -0.05) is 54.1 Å². The molecule has 0 bridgehead atoms. The first-order valence-electron chi connectivity index (χ1n) is 10.4. The number of benzene rings is 2. The summed E-state index contributed by atoms with van der Waals surface area (Å²) in [5.41, 5.74) is 3.58. The number of ether oxygens (including phenoxy) is 1. The van der Waals surface area contributed by atoms with Crippen molar-refractivity contribution in [3.8, 4) is 0 Å². The molecular formula is C25H28F2O. The minimum absolute atomic E-state index is 0.126. The first-order chi connectivity index (χ1) is 13.6. The zero-order valence-corrected chi connectivity index (χ0v) is 16.5. The predicted octanol–water partition coefficient (Wildman–Crippen LogP) is 6.81. The summed E-state index contributed by atoms with van der Waals surface area (Å²) in [5.74, 6) is -0.689. The second kappa shape index (κ2) is 8.57. The predicted molar refractivity (Wildman–Crippen MR) is 108 cm³/mol. The van der Waals surface area contributed by atoms with Gasteiger partial charge in [-0.25, -0.2) is 8.78 Å². The fourth-order valence-electron chi connectivity index (χ4n) is 4.29. The van der Waals surface area contributed by atoms with Crippen LogP contribution in [0.25, 0.3) is 0 Å². The highest BCUT2D eigenvalue weighted by molar-refractivity contribution is 5.32. The zero-order valence-electron chi connectivity index (χ0n) is 16.5. The molecule has 1 heterocycles. The molecule has 0 amide bonds. The van der Waals surface area contributed by atoms with Gasteiger partial charge < -0.3 is 4.74 Å². The maximum absolute atomic E-state index is 14.5. The first-order valence-corrected chi connectivity index (χ1v) is 10.4. The van der Waals surface area contributed by atoms with Crippen LogP contribution in [0.5, 0.6) is 0 Å². The van der Waals surface area contributed by atoms with E-state index in [0.29, 0.717) is 23.7 Å². The molecule has 0 spiro atoms. The van der Waals surface area contributed by atoms with Crippen molar-refractivity contribution in [2.45, 2.75) is 57.5 Å².